The summed E-state index contributed by atoms with van der Waals surface area (Å²) in [5.74, 6) is -0.172. The zero-order valence-corrected chi connectivity index (χ0v) is 20.1. The second-order valence-electron chi connectivity index (χ2n) is 9.12. The molecule has 0 unspecified atom stereocenters. The average molecular weight is 477 g/mol. The van der Waals surface area contributed by atoms with E-state index in [1.165, 1.54) is 6.20 Å². The highest BCUT2D eigenvalue weighted by Crippen LogP contribution is 2.43. The van der Waals surface area contributed by atoms with Gasteiger partial charge in [0.05, 0.1) is 41.2 Å². The number of hydrogen-bond donors (Lipinski definition) is 0. The smallest absolute Gasteiger partial charge is 0.274 e. The minimum atomic E-state index is -0.558. The fourth-order valence-electron chi connectivity index (χ4n) is 4.75. The van der Waals surface area contributed by atoms with E-state index in [1.807, 2.05) is 32.9 Å². The van der Waals surface area contributed by atoms with Gasteiger partial charge in [0.2, 0.25) is 0 Å². The zero-order chi connectivity index (χ0) is 24.0. The van der Waals surface area contributed by atoms with Crippen molar-refractivity contribution in [3.63, 3.8) is 0 Å². The lowest BCUT2D eigenvalue weighted by Gasteiger charge is -2.37. The molecule has 0 saturated carbocycles. The molecule has 1 aromatic carbocycles. The molecule has 8 nitrogen and oxygen atoms in total. The third-order valence-corrected chi connectivity index (χ3v) is 6.74. The molecule has 0 aliphatic carbocycles. The topological polar surface area (TPSA) is 82.5 Å². The molecule has 3 aromatic rings. The van der Waals surface area contributed by atoms with Gasteiger partial charge in [-0.05, 0) is 50.6 Å². The largest absolute Gasteiger partial charge is 0.367 e. The van der Waals surface area contributed by atoms with Crippen LogP contribution in [0.3, 0.4) is 0 Å². The molecule has 0 radical (unpaired) electrons. The maximum Gasteiger partial charge on any atom is 0.274 e. The number of carbonyl (C=O) groups is 2. The molecule has 4 heterocycles. The zero-order valence-electron chi connectivity index (χ0n) is 19.3. The number of fused-ring (bicyclic) bond motifs is 1. The van der Waals surface area contributed by atoms with Gasteiger partial charge >= 0.3 is 0 Å². The highest BCUT2D eigenvalue weighted by Gasteiger charge is 2.44. The Balaban J connectivity index is 1.34. The van der Waals surface area contributed by atoms with Gasteiger partial charge in [0, 0.05) is 43.0 Å². The summed E-state index contributed by atoms with van der Waals surface area (Å²) in [5.41, 5.74) is 3.74. The molecule has 2 aliphatic heterocycles. The van der Waals surface area contributed by atoms with Crippen LogP contribution < -0.4 is 9.80 Å². The highest BCUT2D eigenvalue weighted by atomic mass is 35.5. The van der Waals surface area contributed by atoms with E-state index in [1.54, 1.807) is 40.5 Å². The van der Waals surface area contributed by atoms with Crippen LogP contribution in [-0.2, 0) is 5.54 Å². The van der Waals surface area contributed by atoms with E-state index >= 15 is 0 Å². The maximum absolute atomic E-state index is 13.3. The van der Waals surface area contributed by atoms with E-state index in [2.05, 4.69) is 19.9 Å². The summed E-state index contributed by atoms with van der Waals surface area (Å²) < 4.78 is 0. The molecule has 1 fully saturated rings. The first-order valence-corrected chi connectivity index (χ1v) is 11.6. The fraction of sp³-hybridized carbons (Fsp3) is 0.320. The molecular weight excluding hydrogens is 452 g/mol. The Hall–Kier alpha value is -3.52. The Morgan fingerprint density at radius 3 is 2.41 bits per heavy atom. The predicted octanol–water partition coefficient (Wildman–Crippen LogP) is 3.69. The third-order valence-electron chi connectivity index (χ3n) is 6.51. The number of aromatic nitrogens is 3. The van der Waals surface area contributed by atoms with E-state index in [0.717, 1.165) is 22.6 Å². The fourth-order valence-corrected chi connectivity index (χ4v) is 4.92. The van der Waals surface area contributed by atoms with Gasteiger partial charge in [-0.15, -0.1) is 0 Å². The van der Waals surface area contributed by atoms with Gasteiger partial charge in [0.15, 0.2) is 0 Å². The Morgan fingerprint density at radius 1 is 0.971 bits per heavy atom. The van der Waals surface area contributed by atoms with Crippen LogP contribution in [0.5, 0.6) is 0 Å². The number of pyridine rings is 1. The summed E-state index contributed by atoms with van der Waals surface area (Å²) in [6.07, 6.45) is 6.65. The summed E-state index contributed by atoms with van der Waals surface area (Å²) in [4.78, 5) is 44.6. The summed E-state index contributed by atoms with van der Waals surface area (Å²) in [5, 5.41) is 0.609. The van der Waals surface area contributed by atoms with Crippen molar-refractivity contribution in [3.8, 4) is 0 Å². The lowest BCUT2D eigenvalue weighted by atomic mass is 9.93. The lowest BCUT2D eigenvalue weighted by molar-refractivity contribution is 0.0740. The van der Waals surface area contributed by atoms with Gasteiger partial charge in [-0.3, -0.25) is 24.5 Å². The Morgan fingerprint density at radius 2 is 1.68 bits per heavy atom. The molecule has 2 aromatic heterocycles. The van der Waals surface area contributed by atoms with Crippen LogP contribution in [0.15, 0.2) is 49.1 Å². The SMILES string of the molecule is Cc1cncc(C(=O)N2CCN(c3cncc(N4C(=O)c5ccc(Cl)cc5C4(C)C)c3)CC2)n1. The number of anilines is 2. The molecule has 0 bridgehead atoms. The van der Waals surface area contributed by atoms with Crippen molar-refractivity contribution < 1.29 is 9.59 Å². The summed E-state index contributed by atoms with van der Waals surface area (Å²) in [7, 11) is 0. The van der Waals surface area contributed by atoms with Crippen molar-refractivity contribution in [1.82, 2.24) is 19.9 Å². The normalized spacial score (nSPS) is 17.2. The predicted molar refractivity (Wildman–Crippen MR) is 130 cm³/mol. The second-order valence-corrected chi connectivity index (χ2v) is 9.55. The summed E-state index contributed by atoms with van der Waals surface area (Å²) >= 11 is 6.22. The Labute approximate surface area is 203 Å². The van der Waals surface area contributed by atoms with Crippen molar-refractivity contribution in [2.24, 2.45) is 0 Å². The summed E-state index contributed by atoms with van der Waals surface area (Å²) in [6, 6.07) is 7.38. The van der Waals surface area contributed by atoms with Crippen LogP contribution in [0.2, 0.25) is 5.02 Å². The molecule has 1 saturated heterocycles. The van der Waals surface area contributed by atoms with E-state index in [0.29, 0.717) is 42.5 Å². The first-order chi connectivity index (χ1) is 16.3. The molecule has 2 amide bonds. The molecule has 9 heteroatoms. The number of carbonyl (C=O) groups excluding carboxylic acids is 2. The molecular formula is C25H25ClN6O2. The highest BCUT2D eigenvalue weighted by molar-refractivity contribution is 6.31. The van der Waals surface area contributed by atoms with Gasteiger partial charge in [0.1, 0.15) is 5.69 Å². The number of amides is 2. The van der Waals surface area contributed by atoms with Crippen molar-refractivity contribution >= 4 is 34.8 Å². The molecule has 0 atom stereocenters. The van der Waals surface area contributed by atoms with Gasteiger partial charge < -0.3 is 9.80 Å². The molecule has 5 rings (SSSR count). The van der Waals surface area contributed by atoms with Crippen LogP contribution >= 0.6 is 11.6 Å². The third kappa shape index (κ3) is 3.77. The van der Waals surface area contributed by atoms with E-state index in [4.69, 9.17) is 11.6 Å². The molecule has 0 spiro atoms. The van der Waals surface area contributed by atoms with E-state index < -0.39 is 5.54 Å². The van der Waals surface area contributed by atoms with Crippen LogP contribution in [0.1, 0.15) is 46.0 Å². The molecule has 2 aliphatic rings. The number of nitrogens with zero attached hydrogens (tertiary/aromatic N) is 6. The van der Waals surface area contributed by atoms with Crippen LogP contribution in [0.25, 0.3) is 0 Å². The monoisotopic (exact) mass is 476 g/mol. The van der Waals surface area contributed by atoms with Crippen molar-refractivity contribution in [2.45, 2.75) is 26.3 Å². The number of halogens is 1. The van der Waals surface area contributed by atoms with Crippen LogP contribution in [0.4, 0.5) is 11.4 Å². The van der Waals surface area contributed by atoms with Gasteiger partial charge in [-0.1, -0.05) is 11.6 Å². The molecule has 34 heavy (non-hydrogen) atoms. The lowest BCUT2D eigenvalue weighted by Crippen LogP contribution is -2.49. The number of rotatable bonds is 3. The Bertz CT molecular complexity index is 1290. The molecule has 174 valence electrons. The minimum absolute atomic E-state index is 0.0645. The first-order valence-electron chi connectivity index (χ1n) is 11.2. The Kier molecular flexibility index (Phi) is 5.48. The quantitative estimate of drug-likeness (QED) is 0.573. The molecule has 0 N–H and O–H groups in total. The summed E-state index contributed by atoms with van der Waals surface area (Å²) in [6.45, 7) is 8.29. The van der Waals surface area contributed by atoms with Gasteiger partial charge in [0.25, 0.3) is 11.8 Å². The number of aryl methyl sites for hydroxylation is 1. The number of benzene rings is 1. The van der Waals surface area contributed by atoms with Crippen molar-refractivity contribution in [3.05, 3.63) is 76.6 Å². The van der Waals surface area contributed by atoms with E-state index in [9.17, 15) is 9.59 Å². The standard InChI is InChI=1S/C25H25ClN6O2/c1-16-12-27-15-22(29-16)24(34)31-8-6-30(7-9-31)18-11-19(14-28-13-18)32-23(33)20-5-4-17(26)10-21(20)25(32,2)3/h4-5,10-15H,6-9H2,1-3H3. The average Bonchev–Trinajstić information content (AvgIpc) is 3.03. The second kappa shape index (κ2) is 8.36. The van der Waals surface area contributed by atoms with Crippen LogP contribution in [-0.4, -0.2) is 57.8 Å². The van der Waals surface area contributed by atoms with Gasteiger partial charge in [-0.2, -0.15) is 0 Å². The first kappa shape index (κ1) is 22.3. The number of hydrogen-bond acceptors (Lipinski definition) is 6. The number of piperazine rings is 1. The van der Waals surface area contributed by atoms with Gasteiger partial charge in [-0.25, -0.2) is 4.98 Å². The van der Waals surface area contributed by atoms with Crippen molar-refractivity contribution in [1.29, 1.82) is 0 Å². The van der Waals surface area contributed by atoms with Crippen LogP contribution in [0, 0.1) is 6.92 Å². The van der Waals surface area contributed by atoms with Crippen molar-refractivity contribution in [2.75, 3.05) is 36.0 Å². The maximum atomic E-state index is 13.3. The minimum Gasteiger partial charge on any atom is -0.367 e. The van der Waals surface area contributed by atoms with E-state index in [-0.39, 0.29) is 11.8 Å².